The fourth-order valence-electron chi connectivity index (χ4n) is 2.26. The second kappa shape index (κ2) is 9.89. The average Bonchev–Trinajstić information content (AvgIpc) is 2.62. The Bertz CT molecular complexity index is 693. The summed E-state index contributed by atoms with van der Waals surface area (Å²) in [6.45, 7) is 5.37. The van der Waals surface area contributed by atoms with Crippen molar-refractivity contribution in [2.75, 3.05) is 19.8 Å². The predicted molar refractivity (Wildman–Crippen MR) is 98.7 cm³/mol. The molecular weight excluding hydrogens is 340 g/mol. The molecule has 0 saturated carbocycles. The summed E-state index contributed by atoms with van der Waals surface area (Å²) < 4.78 is 11.2. The Balaban J connectivity index is 2.05. The first kappa shape index (κ1) is 19.1. The highest BCUT2D eigenvalue weighted by molar-refractivity contribution is 6.32. The fourth-order valence-corrected chi connectivity index (χ4v) is 2.52. The van der Waals surface area contributed by atoms with Crippen molar-refractivity contribution >= 4 is 17.5 Å². The summed E-state index contributed by atoms with van der Waals surface area (Å²) in [5, 5.41) is 3.24. The van der Waals surface area contributed by atoms with Gasteiger partial charge < -0.3 is 14.8 Å². The molecule has 0 atom stereocenters. The maximum atomic E-state index is 12.4. The number of carbonyl (C=O) groups excluding carboxylic acids is 1. The van der Waals surface area contributed by atoms with E-state index in [1.54, 1.807) is 18.3 Å². The molecule has 2 rings (SSSR count). The molecule has 1 amide bonds. The molecule has 134 valence electrons. The Labute approximate surface area is 153 Å². The van der Waals surface area contributed by atoms with E-state index in [-0.39, 0.29) is 5.91 Å². The molecule has 0 aliphatic rings. The number of pyridine rings is 1. The molecule has 0 aliphatic carbocycles. The fraction of sp³-hybridized carbons (Fsp3) is 0.368. The van der Waals surface area contributed by atoms with Crippen LogP contribution in [0.4, 0.5) is 0 Å². The minimum Gasteiger partial charge on any atom is -0.490 e. The monoisotopic (exact) mass is 362 g/mol. The van der Waals surface area contributed by atoms with Crippen molar-refractivity contribution in [2.45, 2.75) is 26.7 Å². The minimum absolute atomic E-state index is 0.208. The van der Waals surface area contributed by atoms with Crippen molar-refractivity contribution in [3.8, 4) is 11.5 Å². The molecule has 1 aromatic carbocycles. The summed E-state index contributed by atoms with van der Waals surface area (Å²) in [7, 11) is 0. The summed E-state index contributed by atoms with van der Waals surface area (Å²) >= 11 is 6.29. The number of aromatic nitrogens is 1. The highest BCUT2D eigenvalue weighted by Crippen LogP contribution is 2.36. The number of halogens is 1. The molecule has 0 aliphatic heterocycles. The van der Waals surface area contributed by atoms with Crippen molar-refractivity contribution in [3.63, 3.8) is 0 Å². The van der Waals surface area contributed by atoms with E-state index in [9.17, 15) is 4.79 Å². The van der Waals surface area contributed by atoms with Crippen molar-refractivity contribution in [1.82, 2.24) is 10.3 Å². The highest BCUT2D eigenvalue weighted by atomic mass is 35.5. The smallest absolute Gasteiger partial charge is 0.251 e. The third-order valence-corrected chi connectivity index (χ3v) is 3.70. The third kappa shape index (κ3) is 5.64. The molecule has 0 fully saturated rings. The Kier molecular flexibility index (Phi) is 7.54. The van der Waals surface area contributed by atoms with Gasteiger partial charge in [-0.25, -0.2) is 0 Å². The molecular formula is C19H23ClN2O3. The quantitative estimate of drug-likeness (QED) is 0.735. The molecule has 6 heteroatoms. The molecule has 0 radical (unpaired) electrons. The van der Waals surface area contributed by atoms with Gasteiger partial charge in [-0.1, -0.05) is 24.6 Å². The van der Waals surface area contributed by atoms with Crippen LogP contribution in [-0.4, -0.2) is 30.6 Å². The number of ether oxygens (including phenoxy) is 2. The van der Waals surface area contributed by atoms with Gasteiger partial charge in [-0.15, -0.1) is 0 Å². The van der Waals surface area contributed by atoms with Crippen LogP contribution in [0.5, 0.6) is 11.5 Å². The first-order valence-electron chi connectivity index (χ1n) is 8.43. The maximum absolute atomic E-state index is 12.4. The molecule has 1 aromatic heterocycles. The summed E-state index contributed by atoms with van der Waals surface area (Å²) in [5.74, 6) is 0.759. The van der Waals surface area contributed by atoms with Crippen LogP contribution in [0.1, 0.15) is 36.3 Å². The van der Waals surface area contributed by atoms with Gasteiger partial charge in [0.1, 0.15) is 0 Å². The highest BCUT2D eigenvalue weighted by Gasteiger charge is 2.16. The van der Waals surface area contributed by atoms with Crippen LogP contribution in [0.25, 0.3) is 0 Å². The minimum atomic E-state index is -0.208. The zero-order valence-electron chi connectivity index (χ0n) is 14.5. The number of rotatable bonds is 9. The second-order valence-corrected chi connectivity index (χ2v) is 5.80. The van der Waals surface area contributed by atoms with E-state index in [2.05, 4.69) is 10.3 Å². The largest absolute Gasteiger partial charge is 0.490 e. The summed E-state index contributed by atoms with van der Waals surface area (Å²) in [5.41, 5.74) is 1.37. The molecule has 0 spiro atoms. The Morgan fingerprint density at radius 3 is 2.76 bits per heavy atom. The number of hydrogen-bond acceptors (Lipinski definition) is 4. The zero-order valence-corrected chi connectivity index (χ0v) is 15.3. The van der Waals surface area contributed by atoms with Gasteiger partial charge in [-0.2, -0.15) is 0 Å². The molecule has 5 nitrogen and oxygen atoms in total. The van der Waals surface area contributed by atoms with Gasteiger partial charge in [0.25, 0.3) is 5.91 Å². The van der Waals surface area contributed by atoms with E-state index >= 15 is 0 Å². The number of amides is 1. The van der Waals surface area contributed by atoms with Gasteiger partial charge in [0.05, 0.1) is 18.2 Å². The van der Waals surface area contributed by atoms with Gasteiger partial charge in [0, 0.05) is 30.4 Å². The lowest BCUT2D eigenvalue weighted by molar-refractivity contribution is 0.0953. The van der Waals surface area contributed by atoms with Crippen LogP contribution >= 0.6 is 11.6 Å². The lowest BCUT2D eigenvalue weighted by Gasteiger charge is -2.15. The van der Waals surface area contributed by atoms with E-state index in [0.717, 1.165) is 12.1 Å². The maximum Gasteiger partial charge on any atom is 0.251 e. The van der Waals surface area contributed by atoms with E-state index in [1.807, 2.05) is 32.0 Å². The van der Waals surface area contributed by atoms with E-state index in [1.165, 1.54) is 0 Å². The molecule has 1 N–H and O–H groups in total. The lowest BCUT2D eigenvalue weighted by atomic mass is 10.1. The first-order valence-corrected chi connectivity index (χ1v) is 8.80. The molecule has 0 bridgehead atoms. The molecule has 1 heterocycles. The predicted octanol–water partition coefficient (Wildman–Crippen LogP) is 3.90. The van der Waals surface area contributed by atoms with Crippen LogP contribution in [0, 0.1) is 0 Å². The van der Waals surface area contributed by atoms with Gasteiger partial charge in [-0.05, 0) is 37.6 Å². The van der Waals surface area contributed by atoms with Crippen LogP contribution in [0.15, 0.2) is 36.5 Å². The Morgan fingerprint density at radius 2 is 2.08 bits per heavy atom. The summed E-state index contributed by atoms with van der Waals surface area (Å²) in [6.07, 6.45) is 3.26. The number of hydrogen-bond donors (Lipinski definition) is 1. The van der Waals surface area contributed by atoms with Crippen LogP contribution < -0.4 is 14.8 Å². The Hall–Kier alpha value is -2.27. The normalized spacial score (nSPS) is 10.4. The summed E-state index contributed by atoms with van der Waals surface area (Å²) in [4.78, 5) is 16.6. The molecule has 0 saturated heterocycles. The van der Waals surface area contributed by atoms with Crippen molar-refractivity contribution in [1.29, 1.82) is 0 Å². The number of nitrogens with zero attached hydrogens (tertiary/aromatic N) is 1. The number of benzene rings is 1. The average molecular weight is 363 g/mol. The van der Waals surface area contributed by atoms with Crippen molar-refractivity contribution < 1.29 is 14.3 Å². The Morgan fingerprint density at radius 1 is 1.24 bits per heavy atom. The zero-order chi connectivity index (χ0) is 18.1. The van der Waals surface area contributed by atoms with E-state index in [0.29, 0.717) is 48.3 Å². The topological polar surface area (TPSA) is 60.5 Å². The lowest BCUT2D eigenvalue weighted by Crippen LogP contribution is -2.26. The van der Waals surface area contributed by atoms with Crippen molar-refractivity contribution in [2.24, 2.45) is 0 Å². The SMILES string of the molecule is CCCOc1c(Cl)cc(C(=O)NCCc2ccccn2)cc1OCC. The molecule has 0 unspecified atom stereocenters. The van der Waals surface area contributed by atoms with Gasteiger partial charge in [-0.3, -0.25) is 9.78 Å². The van der Waals surface area contributed by atoms with Crippen LogP contribution in [0.2, 0.25) is 5.02 Å². The third-order valence-electron chi connectivity index (χ3n) is 3.41. The van der Waals surface area contributed by atoms with E-state index < -0.39 is 0 Å². The van der Waals surface area contributed by atoms with E-state index in [4.69, 9.17) is 21.1 Å². The number of carbonyl (C=O) groups is 1. The molecule has 25 heavy (non-hydrogen) atoms. The van der Waals surface area contributed by atoms with Gasteiger partial charge >= 0.3 is 0 Å². The second-order valence-electron chi connectivity index (χ2n) is 5.39. The van der Waals surface area contributed by atoms with Crippen LogP contribution in [0.3, 0.4) is 0 Å². The first-order chi connectivity index (χ1) is 12.2. The van der Waals surface area contributed by atoms with Gasteiger partial charge in [0.2, 0.25) is 0 Å². The standard InChI is InChI=1S/C19H23ClN2O3/c1-3-11-25-18-16(20)12-14(13-17(18)24-4-2)19(23)22-10-8-15-7-5-6-9-21-15/h5-7,9,12-13H,3-4,8,10-11H2,1-2H3,(H,22,23). The van der Waals surface area contributed by atoms with Crippen molar-refractivity contribution in [3.05, 3.63) is 52.8 Å². The summed E-state index contributed by atoms with van der Waals surface area (Å²) in [6, 6.07) is 8.98. The molecule has 2 aromatic rings. The number of nitrogens with one attached hydrogen (secondary N) is 1. The van der Waals surface area contributed by atoms with Gasteiger partial charge in [0.15, 0.2) is 11.5 Å². The van der Waals surface area contributed by atoms with Crippen LogP contribution in [-0.2, 0) is 6.42 Å².